The highest BCUT2D eigenvalue weighted by molar-refractivity contribution is 7.98. The molecule has 0 saturated carbocycles. The average Bonchev–Trinajstić information content (AvgIpc) is 2.96. The third kappa shape index (κ3) is 8.77. The second-order valence-corrected chi connectivity index (χ2v) is 13.0. The number of hydrogen-bond acceptors (Lipinski definition) is 5. The Labute approximate surface area is 260 Å². The first kappa shape index (κ1) is 33.5. The van der Waals surface area contributed by atoms with Crippen LogP contribution in [0.2, 0.25) is 0 Å². The van der Waals surface area contributed by atoms with Gasteiger partial charge < -0.3 is 20.3 Å². The molecule has 3 aromatic rings. The molecule has 3 aromatic carbocycles. The molecule has 0 fully saturated rings. The number of nitrogens with zero attached hydrogens (tertiary/aromatic N) is 1. The smallest absolute Gasteiger partial charge is 0.408 e. The third-order valence-corrected chi connectivity index (χ3v) is 7.93. The van der Waals surface area contributed by atoms with Crippen molar-refractivity contribution in [3.05, 3.63) is 77.9 Å². The molecule has 0 aliphatic heterocycles. The molecule has 2 atom stereocenters. The molecule has 0 saturated heterocycles. The van der Waals surface area contributed by atoms with Crippen LogP contribution in [-0.4, -0.2) is 52.0 Å². The SMILES string of the molecule is C#Cc1ccccc1C(C(=O)Nc1ccc2ccccc2c1)N(C(=O)C(CCSC)NC(=O)OC(C)(C)C)C(C)(C)CC. The number of fused-ring (bicyclic) bond motifs is 1. The maximum absolute atomic E-state index is 14.6. The molecule has 43 heavy (non-hydrogen) atoms. The van der Waals surface area contributed by atoms with Crippen LogP contribution in [0.5, 0.6) is 0 Å². The van der Waals surface area contributed by atoms with E-state index in [2.05, 4.69) is 16.6 Å². The lowest BCUT2D eigenvalue weighted by molar-refractivity contribution is -0.147. The summed E-state index contributed by atoms with van der Waals surface area (Å²) >= 11 is 1.56. The van der Waals surface area contributed by atoms with Gasteiger partial charge in [-0.15, -0.1) is 6.42 Å². The number of terminal acetylenes is 1. The Bertz CT molecular complexity index is 1490. The minimum absolute atomic E-state index is 0.353. The van der Waals surface area contributed by atoms with Crippen molar-refractivity contribution in [2.24, 2.45) is 0 Å². The summed E-state index contributed by atoms with van der Waals surface area (Å²) in [5.74, 6) is 2.51. The first-order valence-electron chi connectivity index (χ1n) is 14.5. The standard InChI is InChI=1S/C35H43N3O4S/c1-9-24-15-13-14-18-28(24)30(31(39)36-27-20-19-25-16-11-12-17-26(25)23-27)38(35(6,7)10-2)32(40)29(21-22-43-8)37-33(41)42-34(3,4)5/h1,11-20,23,29-30H,10,21-22H2,2-8H3,(H,36,39)(H,37,41). The average molecular weight is 602 g/mol. The monoisotopic (exact) mass is 601 g/mol. The summed E-state index contributed by atoms with van der Waals surface area (Å²) in [5.41, 5.74) is 0.0930. The van der Waals surface area contributed by atoms with Crippen LogP contribution in [0.1, 0.15) is 71.6 Å². The van der Waals surface area contributed by atoms with Gasteiger partial charge in [0.2, 0.25) is 5.91 Å². The van der Waals surface area contributed by atoms with Gasteiger partial charge >= 0.3 is 6.09 Å². The van der Waals surface area contributed by atoms with Gasteiger partial charge in [-0.05, 0) is 94.0 Å². The number of thioether (sulfide) groups is 1. The van der Waals surface area contributed by atoms with Crippen molar-refractivity contribution in [2.45, 2.75) is 77.6 Å². The largest absolute Gasteiger partial charge is 0.444 e. The molecule has 8 heteroatoms. The number of anilines is 1. The number of amides is 3. The van der Waals surface area contributed by atoms with Crippen LogP contribution in [-0.2, 0) is 14.3 Å². The molecule has 0 aliphatic carbocycles. The van der Waals surface area contributed by atoms with E-state index in [1.807, 2.05) is 69.5 Å². The van der Waals surface area contributed by atoms with Crippen molar-refractivity contribution in [3.8, 4) is 12.3 Å². The fourth-order valence-corrected chi connectivity index (χ4v) is 5.27. The van der Waals surface area contributed by atoms with Gasteiger partial charge in [0, 0.05) is 16.8 Å². The number of ether oxygens (including phenoxy) is 1. The lowest BCUT2D eigenvalue weighted by Crippen LogP contribution is -2.59. The number of benzene rings is 3. The fourth-order valence-electron chi connectivity index (χ4n) is 4.80. The number of rotatable bonds is 11. The highest BCUT2D eigenvalue weighted by Crippen LogP contribution is 2.35. The van der Waals surface area contributed by atoms with Crippen molar-refractivity contribution >= 4 is 46.1 Å². The predicted molar refractivity (Wildman–Crippen MR) is 177 cm³/mol. The molecule has 2 unspecified atom stereocenters. The Balaban J connectivity index is 2.14. The van der Waals surface area contributed by atoms with Crippen molar-refractivity contribution in [3.63, 3.8) is 0 Å². The normalized spacial score (nSPS) is 13.0. The molecule has 0 spiro atoms. The van der Waals surface area contributed by atoms with Crippen molar-refractivity contribution in [2.75, 3.05) is 17.3 Å². The van der Waals surface area contributed by atoms with Gasteiger partial charge in [0.1, 0.15) is 17.7 Å². The molecular formula is C35H43N3O4S. The van der Waals surface area contributed by atoms with Crippen molar-refractivity contribution < 1.29 is 19.1 Å². The van der Waals surface area contributed by atoms with Crippen molar-refractivity contribution in [1.82, 2.24) is 10.2 Å². The molecule has 0 bridgehead atoms. The zero-order chi connectivity index (χ0) is 31.8. The van der Waals surface area contributed by atoms with E-state index in [0.717, 1.165) is 10.8 Å². The number of carbonyl (C=O) groups excluding carboxylic acids is 3. The quantitative estimate of drug-likeness (QED) is 0.228. The summed E-state index contributed by atoms with van der Waals surface area (Å²) in [5, 5.41) is 7.86. The maximum Gasteiger partial charge on any atom is 0.408 e. The topological polar surface area (TPSA) is 87.7 Å². The zero-order valence-corrected chi connectivity index (χ0v) is 27.0. The first-order valence-corrected chi connectivity index (χ1v) is 15.9. The number of nitrogens with one attached hydrogen (secondary N) is 2. The second kappa shape index (κ2) is 14.5. The van der Waals surface area contributed by atoms with Gasteiger partial charge in [-0.25, -0.2) is 4.79 Å². The number of alkyl carbamates (subject to hydrolysis) is 1. The third-order valence-electron chi connectivity index (χ3n) is 7.29. The van der Waals surface area contributed by atoms with Crippen LogP contribution in [0, 0.1) is 12.3 Å². The number of carbonyl (C=O) groups is 3. The van der Waals surface area contributed by atoms with E-state index in [4.69, 9.17) is 11.2 Å². The summed E-state index contributed by atoms with van der Waals surface area (Å²) in [6, 6.07) is 18.7. The minimum atomic E-state index is -1.08. The minimum Gasteiger partial charge on any atom is -0.444 e. The summed E-state index contributed by atoms with van der Waals surface area (Å²) in [6.45, 7) is 11.1. The van der Waals surface area contributed by atoms with E-state index >= 15 is 0 Å². The fraction of sp³-hybridized carbons (Fsp3) is 0.400. The summed E-state index contributed by atoms with van der Waals surface area (Å²) in [4.78, 5) is 43.5. The van der Waals surface area contributed by atoms with Gasteiger partial charge in [-0.1, -0.05) is 61.4 Å². The van der Waals surface area contributed by atoms with E-state index in [0.29, 0.717) is 35.4 Å². The van der Waals surface area contributed by atoms with Gasteiger partial charge in [-0.3, -0.25) is 9.59 Å². The predicted octanol–water partition coefficient (Wildman–Crippen LogP) is 7.16. The number of hydrogen-bond donors (Lipinski definition) is 2. The Morgan fingerprint density at radius 2 is 1.63 bits per heavy atom. The Kier molecular flexibility index (Phi) is 11.3. The molecule has 0 aliphatic rings. The van der Waals surface area contributed by atoms with Crippen LogP contribution in [0.25, 0.3) is 10.8 Å². The summed E-state index contributed by atoms with van der Waals surface area (Å²) in [7, 11) is 0. The molecule has 7 nitrogen and oxygen atoms in total. The van der Waals surface area contributed by atoms with Crippen LogP contribution < -0.4 is 10.6 Å². The van der Waals surface area contributed by atoms with E-state index in [1.54, 1.807) is 61.7 Å². The van der Waals surface area contributed by atoms with Crippen molar-refractivity contribution in [1.29, 1.82) is 0 Å². The Morgan fingerprint density at radius 3 is 2.26 bits per heavy atom. The highest BCUT2D eigenvalue weighted by Gasteiger charge is 2.43. The molecule has 0 radical (unpaired) electrons. The van der Waals surface area contributed by atoms with Gasteiger partial charge in [-0.2, -0.15) is 11.8 Å². The van der Waals surface area contributed by atoms with E-state index in [-0.39, 0.29) is 0 Å². The van der Waals surface area contributed by atoms with Crippen LogP contribution in [0.3, 0.4) is 0 Å². The lowest BCUT2D eigenvalue weighted by atomic mass is 9.90. The van der Waals surface area contributed by atoms with Gasteiger partial charge in [0.15, 0.2) is 0 Å². The zero-order valence-electron chi connectivity index (χ0n) is 26.2. The van der Waals surface area contributed by atoms with Crippen LogP contribution >= 0.6 is 11.8 Å². The molecule has 0 heterocycles. The molecule has 2 N–H and O–H groups in total. The second-order valence-electron chi connectivity index (χ2n) is 12.0. The highest BCUT2D eigenvalue weighted by atomic mass is 32.2. The Hall–Kier alpha value is -3.96. The summed E-state index contributed by atoms with van der Waals surface area (Å²) in [6.07, 6.45) is 8.05. The van der Waals surface area contributed by atoms with E-state index in [1.165, 1.54) is 0 Å². The van der Waals surface area contributed by atoms with E-state index in [9.17, 15) is 14.4 Å². The lowest BCUT2D eigenvalue weighted by Gasteiger charge is -2.44. The first-order chi connectivity index (χ1) is 20.3. The molecule has 0 aromatic heterocycles. The molecule has 3 rings (SSSR count). The van der Waals surface area contributed by atoms with E-state index < -0.39 is 41.1 Å². The summed E-state index contributed by atoms with van der Waals surface area (Å²) < 4.78 is 5.50. The van der Waals surface area contributed by atoms with Crippen LogP contribution in [0.4, 0.5) is 10.5 Å². The van der Waals surface area contributed by atoms with Gasteiger partial charge in [0.05, 0.1) is 0 Å². The molecule has 3 amide bonds. The Morgan fingerprint density at radius 1 is 0.977 bits per heavy atom. The molecular weight excluding hydrogens is 558 g/mol. The molecule has 228 valence electrons. The van der Waals surface area contributed by atoms with Crippen LogP contribution in [0.15, 0.2) is 66.7 Å². The van der Waals surface area contributed by atoms with Gasteiger partial charge in [0.25, 0.3) is 5.91 Å². The maximum atomic E-state index is 14.6.